The number of unbranched alkanes of at least 4 members (excludes halogenated alkanes) is 2. The number of benzene rings is 1. The van der Waals surface area contributed by atoms with Gasteiger partial charge in [0.15, 0.2) is 23.0 Å². The highest BCUT2D eigenvalue weighted by Crippen LogP contribution is 2.42. The largest absolute Gasteiger partial charge is 0.503 e. The van der Waals surface area contributed by atoms with Gasteiger partial charge in [-0.1, -0.05) is 25.8 Å². The Hall–Kier alpha value is -4.01. The molecular weight excluding hydrogens is 474 g/mol. The van der Waals surface area contributed by atoms with Gasteiger partial charge in [-0.2, -0.15) is 0 Å². The van der Waals surface area contributed by atoms with Crippen LogP contribution in [0.3, 0.4) is 0 Å². The summed E-state index contributed by atoms with van der Waals surface area (Å²) in [5.41, 5.74) is 0.626. The van der Waals surface area contributed by atoms with Crippen molar-refractivity contribution in [3.05, 3.63) is 78.0 Å². The van der Waals surface area contributed by atoms with E-state index in [9.17, 15) is 14.7 Å². The Morgan fingerprint density at radius 2 is 1.97 bits per heavy atom. The number of hydrogen-bond donors (Lipinski definition) is 1. The number of nitrogens with zero attached hydrogens (tertiary/aromatic N) is 3. The Labute approximate surface area is 216 Å². The molecule has 196 valence electrons. The average Bonchev–Trinajstić information content (AvgIpc) is 3.66. The molecule has 1 amide bonds. The highest BCUT2D eigenvalue weighted by atomic mass is 16.5. The number of furan rings is 1. The lowest BCUT2D eigenvalue weighted by molar-refractivity contribution is -0.129. The van der Waals surface area contributed by atoms with Crippen LogP contribution in [-0.4, -0.2) is 51.0 Å². The maximum atomic E-state index is 13.4. The summed E-state index contributed by atoms with van der Waals surface area (Å²) in [6.45, 7) is 5.96. The van der Waals surface area contributed by atoms with Crippen molar-refractivity contribution < 1.29 is 28.6 Å². The van der Waals surface area contributed by atoms with Crippen molar-refractivity contribution in [2.45, 2.75) is 52.1 Å². The van der Waals surface area contributed by atoms with Gasteiger partial charge in [0.25, 0.3) is 5.91 Å². The standard InChI is InChI=1S/C28H33N3O6/c1-3-5-6-16-36-21-11-10-20(18-23(21)35-4-2)25-24(26(32)22-9-7-17-37-22)27(33)28(34)31(25)14-8-13-30-15-12-29-19-30/h7,9-12,15,17-19,25,33H,3-6,8,13-14,16H2,1-2H3. The van der Waals surface area contributed by atoms with Crippen LogP contribution in [0.2, 0.25) is 0 Å². The summed E-state index contributed by atoms with van der Waals surface area (Å²) in [7, 11) is 0. The molecule has 1 unspecified atom stereocenters. The first-order valence-electron chi connectivity index (χ1n) is 12.7. The fourth-order valence-corrected chi connectivity index (χ4v) is 4.46. The third kappa shape index (κ3) is 5.87. The van der Waals surface area contributed by atoms with Gasteiger partial charge < -0.3 is 28.5 Å². The van der Waals surface area contributed by atoms with Gasteiger partial charge in [0.2, 0.25) is 5.78 Å². The van der Waals surface area contributed by atoms with Crippen molar-refractivity contribution in [1.82, 2.24) is 14.5 Å². The van der Waals surface area contributed by atoms with Crippen LogP contribution in [-0.2, 0) is 11.3 Å². The zero-order chi connectivity index (χ0) is 26.2. The number of carbonyl (C=O) groups is 2. The molecule has 1 N–H and O–H groups in total. The molecule has 2 aromatic heterocycles. The SMILES string of the molecule is CCCCCOc1ccc(C2C(C(=O)c3ccco3)=C(O)C(=O)N2CCCn2ccnc2)cc1OCC. The number of carbonyl (C=O) groups excluding carboxylic acids is 2. The summed E-state index contributed by atoms with van der Waals surface area (Å²) in [5.74, 6) is -0.505. The van der Waals surface area contributed by atoms with E-state index in [0.717, 1.165) is 19.3 Å². The number of aryl methyl sites for hydroxylation is 1. The molecule has 0 saturated heterocycles. The molecule has 3 aromatic rings. The van der Waals surface area contributed by atoms with Crippen molar-refractivity contribution in [3.8, 4) is 11.5 Å². The van der Waals surface area contributed by atoms with Crippen LogP contribution in [0.5, 0.6) is 11.5 Å². The van der Waals surface area contributed by atoms with Crippen molar-refractivity contribution in [2.75, 3.05) is 19.8 Å². The van der Waals surface area contributed by atoms with Crippen molar-refractivity contribution in [2.24, 2.45) is 0 Å². The molecule has 1 aliphatic heterocycles. The van der Waals surface area contributed by atoms with E-state index >= 15 is 0 Å². The lowest BCUT2D eigenvalue weighted by Crippen LogP contribution is -2.32. The molecule has 0 aliphatic carbocycles. The molecular formula is C28H33N3O6. The maximum Gasteiger partial charge on any atom is 0.290 e. The summed E-state index contributed by atoms with van der Waals surface area (Å²) >= 11 is 0. The van der Waals surface area contributed by atoms with Crippen LogP contribution in [0.1, 0.15) is 61.7 Å². The summed E-state index contributed by atoms with van der Waals surface area (Å²) in [6.07, 6.45) is 10.3. The number of ketones is 1. The molecule has 0 spiro atoms. The van der Waals surface area contributed by atoms with Gasteiger partial charge in [-0.05, 0) is 49.6 Å². The number of aliphatic hydroxyl groups is 1. The van der Waals surface area contributed by atoms with Gasteiger partial charge in [-0.15, -0.1) is 0 Å². The molecule has 1 atom stereocenters. The molecule has 1 aliphatic rings. The predicted molar refractivity (Wildman–Crippen MR) is 137 cm³/mol. The highest BCUT2D eigenvalue weighted by molar-refractivity contribution is 6.15. The van der Waals surface area contributed by atoms with Crippen LogP contribution >= 0.6 is 0 Å². The highest BCUT2D eigenvalue weighted by Gasteiger charge is 2.44. The second-order valence-corrected chi connectivity index (χ2v) is 8.82. The number of Topliss-reactive ketones (excluding diaryl/α,β-unsaturated/α-hetero) is 1. The van der Waals surface area contributed by atoms with Gasteiger partial charge in [-0.3, -0.25) is 9.59 Å². The summed E-state index contributed by atoms with van der Waals surface area (Å²) in [5, 5.41) is 10.9. The lowest BCUT2D eigenvalue weighted by Gasteiger charge is -2.27. The Morgan fingerprint density at radius 3 is 2.68 bits per heavy atom. The third-order valence-corrected chi connectivity index (χ3v) is 6.26. The maximum absolute atomic E-state index is 13.4. The third-order valence-electron chi connectivity index (χ3n) is 6.26. The first-order valence-corrected chi connectivity index (χ1v) is 12.7. The quantitative estimate of drug-likeness (QED) is 0.239. The Bertz CT molecular complexity index is 1220. The van der Waals surface area contributed by atoms with Crippen LogP contribution in [0, 0.1) is 0 Å². The molecule has 9 nitrogen and oxygen atoms in total. The van der Waals surface area contributed by atoms with E-state index in [-0.39, 0.29) is 11.3 Å². The van der Waals surface area contributed by atoms with Crippen molar-refractivity contribution in [1.29, 1.82) is 0 Å². The first-order chi connectivity index (χ1) is 18.0. The predicted octanol–water partition coefficient (Wildman–Crippen LogP) is 5.11. The van der Waals surface area contributed by atoms with Crippen molar-refractivity contribution >= 4 is 11.7 Å². The van der Waals surface area contributed by atoms with Crippen LogP contribution < -0.4 is 9.47 Å². The Morgan fingerprint density at radius 1 is 1.11 bits per heavy atom. The Kier molecular flexibility index (Phi) is 8.66. The van der Waals surface area contributed by atoms with Gasteiger partial charge in [-0.25, -0.2) is 4.98 Å². The molecule has 1 aromatic carbocycles. The minimum absolute atomic E-state index is 0.0124. The molecule has 3 heterocycles. The molecule has 9 heteroatoms. The van der Waals surface area contributed by atoms with E-state index in [1.165, 1.54) is 17.2 Å². The number of aliphatic hydroxyl groups excluding tert-OH is 1. The van der Waals surface area contributed by atoms with E-state index in [0.29, 0.717) is 49.8 Å². The minimum atomic E-state index is -0.804. The second kappa shape index (κ2) is 12.3. The first kappa shape index (κ1) is 26.1. The zero-order valence-electron chi connectivity index (χ0n) is 21.3. The van der Waals surface area contributed by atoms with E-state index in [4.69, 9.17) is 13.9 Å². The lowest BCUT2D eigenvalue weighted by atomic mass is 9.94. The van der Waals surface area contributed by atoms with E-state index < -0.39 is 23.5 Å². The van der Waals surface area contributed by atoms with E-state index in [1.54, 1.807) is 30.7 Å². The van der Waals surface area contributed by atoms with Gasteiger partial charge in [0.1, 0.15) is 0 Å². The number of aromatic nitrogens is 2. The van der Waals surface area contributed by atoms with Crippen molar-refractivity contribution in [3.63, 3.8) is 0 Å². The summed E-state index contributed by atoms with van der Waals surface area (Å²) in [4.78, 5) is 32.2. The van der Waals surface area contributed by atoms with Crippen LogP contribution in [0.25, 0.3) is 0 Å². The molecule has 0 bridgehead atoms. The molecule has 0 saturated carbocycles. The monoisotopic (exact) mass is 507 g/mol. The van der Waals surface area contributed by atoms with Crippen LogP contribution in [0.4, 0.5) is 0 Å². The van der Waals surface area contributed by atoms with Crippen LogP contribution in [0.15, 0.2) is 71.1 Å². The average molecular weight is 508 g/mol. The molecule has 0 fully saturated rings. The summed E-state index contributed by atoms with van der Waals surface area (Å²) < 4.78 is 19.0. The normalized spacial score (nSPS) is 15.5. The number of ether oxygens (including phenoxy) is 2. The number of imidazole rings is 1. The Balaban J connectivity index is 1.66. The number of amides is 1. The second-order valence-electron chi connectivity index (χ2n) is 8.82. The van der Waals surface area contributed by atoms with Gasteiger partial charge in [0, 0.05) is 25.5 Å². The topological polar surface area (TPSA) is 107 Å². The smallest absolute Gasteiger partial charge is 0.290 e. The summed E-state index contributed by atoms with van der Waals surface area (Å²) in [6, 6.07) is 7.70. The molecule has 0 radical (unpaired) electrons. The number of hydrogen-bond acceptors (Lipinski definition) is 7. The van der Waals surface area contributed by atoms with Gasteiger partial charge in [0.05, 0.1) is 37.4 Å². The zero-order valence-corrected chi connectivity index (χ0v) is 21.3. The van der Waals surface area contributed by atoms with E-state index in [2.05, 4.69) is 11.9 Å². The number of rotatable bonds is 14. The fraction of sp³-hybridized carbons (Fsp3) is 0.393. The molecule has 4 rings (SSSR count). The van der Waals surface area contributed by atoms with E-state index in [1.807, 2.05) is 23.8 Å². The minimum Gasteiger partial charge on any atom is -0.503 e. The fourth-order valence-electron chi connectivity index (χ4n) is 4.46. The molecule has 37 heavy (non-hydrogen) atoms. The van der Waals surface area contributed by atoms with Gasteiger partial charge >= 0.3 is 0 Å².